The Kier molecular flexibility index (Phi) is 3.25. The Labute approximate surface area is 125 Å². The number of methoxy groups -OCH3 is 1. The van der Waals surface area contributed by atoms with Crippen molar-refractivity contribution >= 4 is 21.9 Å². The molecule has 0 bridgehead atoms. The van der Waals surface area contributed by atoms with Gasteiger partial charge in [-0.2, -0.15) is 0 Å². The van der Waals surface area contributed by atoms with Crippen molar-refractivity contribution in [3.63, 3.8) is 0 Å². The summed E-state index contributed by atoms with van der Waals surface area (Å²) in [5.41, 5.74) is 0.433. The fourth-order valence-corrected chi connectivity index (χ4v) is 2.54. The van der Waals surface area contributed by atoms with Gasteiger partial charge in [0.2, 0.25) is 5.43 Å². The highest BCUT2D eigenvalue weighted by molar-refractivity contribution is 5.97. The first-order chi connectivity index (χ1) is 10.6. The van der Waals surface area contributed by atoms with Crippen LogP contribution in [-0.4, -0.2) is 17.3 Å². The lowest BCUT2D eigenvalue weighted by atomic mass is 10.0. The van der Waals surface area contributed by atoms with E-state index < -0.39 is 0 Å². The van der Waals surface area contributed by atoms with Gasteiger partial charge in [0.15, 0.2) is 11.3 Å². The Balaban J connectivity index is 2.60. The number of hydrogen-bond donors (Lipinski definition) is 2. The molecule has 0 aliphatic carbocycles. The van der Waals surface area contributed by atoms with Crippen LogP contribution < -0.4 is 10.2 Å². The highest BCUT2D eigenvalue weighted by atomic mass is 16.5. The van der Waals surface area contributed by atoms with Crippen molar-refractivity contribution in [2.45, 2.75) is 6.42 Å². The van der Waals surface area contributed by atoms with E-state index in [9.17, 15) is 15.0 Å². The van der Waals surface area contributed by atoms with E-state index in [1.54, 1.807) is 24.3 Å². The lowest BCUT2D eigenvalue weighted by Crippen LogP contribution is -2.04. The van der Waals surface area contributed by atoms with Crippen LogP contribution in [0.4, 0.5) is 0 Å². The van der Waals surface area contributed by atoms with Gasteiger partial charge in [0.25, 0.3) is 0 Å². The minimum Gasteiger partial charge on any atom is -0.507 e. The molecular weight excluding hydrogens is 284 g/mol. The van der Waals surface area contributed by atoms with Crippen molar-refractivity contribution < 1.29 is 19.4 Å². The number of hydrogen-bond acceptors (Lipinski definition) is 5. The topological polar surface area (TPSA) is 79.9 Å². The molecule has 0 aliphatic heterocycles. The van der Waals surface area contributed by atoms with E-state index in [2.05, 4.69) is 6.58 Å². The van der Waals surface area contributed by atoms with Gasteiger partial charge in [0, 0.05) is 11.6 Å². The van der Waals surface area contributed by atoms with Crippen molar-refractivity contribution in [2.24, 2.45) is 0 Å². The van der Waals surface area contributed by atoms with E-state index in [1.165, 1.54) is 7.11 Å². The smallest absolute Gasteiger partial charge is 0.204 e. The third-order valence-electron chi connectivity index (χ3n) is 3.56. The van der Waals surface area contributed by atoms with Gasteiger partial charge in [-0.15, -0.1) is 6.58 Å². The summed E-state index contributed by atoms with van der Waals surface area (Å²) >= 11 is 0. The lowest BCUT2D eigenvalue weighted by Gasteiger charge is -2.10. The average molecular weight is 298 g/mol. The second-order valence-corrected chi connectivity index (χ2v) is 4.86. The molecule has 1 aromatic heterocycles. The largest absolute Gasteiger partial charge is 0.507 e. The molecule has 0 saturated carbocycles. The summed E-state index contributed by atoms with van der Waals surface area (Å²) in [5.74, 6) is -0.0648. The van der Waals surface area contributed by atoms with E-state index in [4.69, 9.17) is 9.15 Å². The zero-order chi connectivity index (χ0) is 15.9. The van der Waals surface area contributed by atoms with Crippen molar-refractivity contribution in [1.29, 1.82) is 0 Å². The van der Waals surface area contributed by atoms with Crippen LogP contribution in [0.25, 0.3) is 21.9 Å². The molecule has 0 unspecified atom stereocenters. The highest BCUT2D eigenvalue weighted by Gasteiger charge is 2.19. The molecule has 3 rings (SSSR count). The first-order valence-corrected chi connectivity index (χ1v) is 6.66. The Morgan fingerprint density at radius 2 is 2.05 bits per heavy atom. The zero-order valence-corrected chi connectivity index (χ0v) is 11.9. The Morgan fingerprint density at radius 1 is 1.27 bits per heavy atom. The predicted molar refractivity (Wildman–Crippen MR) is 83.8 cm³/mol. The second-order valence-electron chi connectivity index (χ2n) is 4.86. The van der Waals surface area contributed by atoms with Crippen LogP contribution in [0.15, 0.2) is 46.1 Å². The van der Waals surface area contributed by atoms with Crippen molar-refractivity contribution in [2.75, 3.05) is 7.11 Å². The standard InChI is InChI=1S/C17H14O5/c1-3-5-9-11(18)8-12(19)14-15(20)10-6-4-7-13(21-2)16(10)22-17(9)14/h3-4,6-8,18-19H,1,5H2,2H3. The van der Waals surface area contributed by atoms with Crippen LogP contribution in [0.1, 0.15) is 5.56 Å². The molecule has 0 fully saturated rings. The molecule has 0 atom stereocenters. The number of rotatable bonds is 3. The van der Waals surface area contributed by atoms with Gasteiger partial charge in [0.05, 0.1) is 12.5 Å². The van der Waals surface area contributed by atoms with Gasteiger partial charge in [-0.1, -0.05) is 12.1 Å². The SMILES string of the molecule is C=CCc1c(O)cc(O)c2c(=O)c3cccc(OC)c3oc12. The summed E-state index contributed by atoms with van der Waals surface area (Å²) in [5, 5.41) is 20.4. The molecule has 3 aromatic rings. The Bertz CT molecular complexity index is 953. The van der Waals surface area contributed by atoms with E-state index in [-0.39, 0.29) is 33.5 Å². The van der Waals surface area contributed by atoms with Gasteiger partial charge in [-0.3, -0.25) is 4.79 Å². The normalized spacial score (nSPS) is 11.0. The molecule has 0 saturated heterocycles. The van der Waals surface area contributed by atoms with Crippen LogP contribution in [-0.2, 0) is 6.42 Å². The number of para-hydroxylation sites is 1. The molecule has 0 radical (unpaired) electrons. The van der Waals surface area contributed by atoms with Crippen molar-refractivity contribution in [3.05, 3.63) is 52.7 Å². The molecule has 1 heterocycles. The molecule has 22 heavy (non-hydrogen) atoms. The molecule has 0 amide bonds. The van der Waals surface area contributed by atoms with Gasteiger partial charge < -0.3 is 19.4 Å². The lowest BCUT2D eigenvalue weighted by molar-refractivity contribution is 0.410. The number of fused-ring (bicyclic) bond motifs is 2. The van der Waals surface area contributed by atoms with Gasteiger partial charge in [-0.05, 0) is 18.6 Å². The number of ether oxygens (including phenoxy) is 1. The summed E-state index contributed by atoms with van der Waals surface area (Å²) in [7, 11) is 1.48. The second kappa shape index (κ2) is 5.11. The van der Waals surface area contributed by atoms with Crippen LogP contribution in [0.3, 0.4) is 0 Å². The Morgan fingerprint density at radius 3 is 2.73 bits per heavy atom. The van der Waals surface area contributed by atoms with E-state index in [0.29, 0.717) is 23.1 Å². The quantitative estimate of drug-likeness (QED) is 0.573. The van der Waals surface area contributed by atoms with Gasteiger partial charge in [-0.25, -0.2) is 0 Å². The number of allylic oxidation sites excluding steroid dienone is 1. The fraction of sp³-hybridized carbons (Fsp3) is 0.118. The predicted octanol–water partition coefficient (Wildman–Crippen LogP) is 3.09. The number of phenols is 2. The monoisotopic (exact) mass is 298 g/mol. The van der Waals surface area contributed by atoms with E-state index >= 15 is 0 Å². The molecule has 0 aliphatic rings. The maximum absolute atomic E-state index is 12.7. The van der Waals surface area contributed by atoms with E-state index in [0.717, 1.165) is 6.07 Å². The highest BCUT2D eigenvalue weighted by Crippen LogP contribution is 2.36. The Hall–Kier alpha value is -2.95. The fourth-order valence-electron chi connectivity index (χ4n) is 2.54. The van der Waals surface area contributed by atoms with Gasteiger partial charge >= 0.3 is 0 Å². The third-order valence-corrected chi connectivity index (χ3v) is 3.56. The van der Waals surface area contributed by atoms with Crippen LogP contribution >= 0.6 is 0 Å². The molecule has 2 aromatic carbocycles. The molecular formula is C17H14O5. The van der Waals surface area contributed by atoms with Crippen LogP contribution in [0.2, 0.25) is 0 Å². The maximum Gasteiger partial charge on any atom is 0.204 e. The van der Waals surface area contributed by atoms with Crippen LogP contribution in [0.5, 0.6) is 17.2 Å². The zero-order valence-electron chi connectivity index (χ0n) is 11.9. The minimum absolute atomic E-state index is 0.0374. The third kappa shape index (κ3) is 1.90. The number of benzene rings is 2. The minimum atomic E-state index is -0.377. The number of aromatic hydroxyl groups is 2. The summed E-state index contributed by atoms with van der Waals surface area (Å²) in [4.78, 5) is 12.7. The van der Waals surface area contributed by atoms with E-state index in [1.807, 2.05) is 0 Å². The summed E-state index contributed by atoms with van der Waals surface area (Å²) in [6, 6.07) is 6.09. The van der Waals surface area contributed by atoms with Crippen molar-refractivity contribution in [3.8, 4) is 17.2 Å². The average Bonchev–Trinajstić information content (AvgIpc) is 2.50. The summed E-state index contributed by atoms with van der Waals surface area (Å²) in [6.45, 7) is 3.63. The van der Waals surface area contributed by atoms with Crippen LogP contribution in [0, 0.1) is 0 Å². The van der Waals surface area contributed by atoms with Crippen molar-refractivity contribution in [1.82, 2.24) is 0 Å². The maximum atomic E-state index is 12.7. The molecule has 0 spiro atoms. The van der Waals surface area contributed by atoms with Gasteiger partial charge in [0.1, 0.15) is 22.5 Å². The molecule has 5 nitrogen and oxygen atoms in total. The molecule has 112 valence electrons. The molecule has 5 heteroatoms. The molecule has 2 N–H and O–H groups in total. The number of phenolic OH excluding ortho intramolecular Hbond substituents is 2. The first-order valence-electron chi connectivity index (χ1n) is 6.66. The summed E-state index contributed by atoms with van der Waals surface area (Å²) < 4.78 is 11.0. The summed E-state index contributed by atoms with van der Waals surface area (Å²) in [6.07, 6.45) is 1.88. The first kappa shape index (κ1) is 14.0.